The van der Waals surface area contributed by atoms with Gasteiger partial charge >= 0.3 is 0 Å². The van der Waals surface area contributed by atoms with Crippen molar-refractivity contribution in [3.8, 4) is 5.88 Å². The standard InChI is InChI=1S/C12H20ClN3O/c1-3-10(5-7-13)9-15-12-14-8-6-11(16-12)17-4-2/h6,8,10H,3-5,7,9H2,1-2H3,(H,14,15,16). The maximum absolute atomic E-state index is 5.74. The van der Waals surface area contributed by atoms with E-state index < -0.39 is 0 Å². The van der Waals surface area contributed by atoms with Gasteiger partial charge in [-0.25, -0.2) is 4.98 Å². The Morgan fingerprint density at radius 2 is 2.29 bits per heavy atom. The highest BCUT2D eigenvalue weighted by molar-refractivity contribution is 6.17. The Hall–Kier alpha value is -1.03. The molecule has 96 valence electrons. The van der Waals surface area contributed by atoms with E-state index in [2.05, 4.69) is 22.2 Å². The minimum atomic E-state index is 0.562. The van der Waals surface area contributed by atoms with Gasteiger partial charge in [0.05, 0.1) is 6.61 Å². The molecule has 1 atom stereocenters. The van der Waals surface area contributed by atoms with Crippen LogP contribution in [0, 0.1) is 5.92 Å². The topological polar surface area (TPSA) is 47.0 Å². The molecule has 0 radical (unpaired) electrons. The van der Waals surface area contributed by atoms with E-state index in [0.717, 1.165) is 19.4 Å². The van der Waals surface area contributed by atoms with Crippen molar-refractivity contribution in [3.63, 3.8) is 0 Å². The van der Waals surface area contributed by atoms with E-state index in [9.17, 15) is 0 Å². The molecule has 1 unspecified atom stereocenters. The number of hydrogen-bond acceptors (Lipinski definition) is 4. The molecular formula is C12H20ClN3O. The van der Waals surface area contributed by atoms with Gasteiger partial charge in [-0.1, -0.05) is 13.3 Å². The molecule has 4 nitrogen and oxygen atoms in total. The summed E-state index contributed by atoms with van der Waals surface area (Å²) in [6.07, 6.45) is 3.81. The smallest absolute Gasteiger partial charge is 0.225 e. The van der Waals surface area contributed by atoms with E-state index in [1.807, 2.05) is 6.92 Å². The van der Waals surface area contributed by atoms with Crippen molar-refractivity contribution in [1.82, 2.24) is 9.97 Å². The predicted octanol–water partition coefficient (Wildman–Crippen LogP) is 2.94. The average molecular weight is 258 g/mol. The zero-order valence-electron chi connectivity index (χ0n) is 10.4. The zero-order chi connectivity index (χ0) is 12.5. The first kappa shape index (κ1) is 14.0. The van der Waals surface area contributed by atoms with Crippen LogP contribution in [0.3, 0.4) is 0 Å². The minimum absolute atomic E-state index is 0.562. The number of nitrogens with one attached hydrogen (secondary N) is 1. The Labute approximate surface area is 108 Å². The molecule has 0 aliphatic rings. The highest BCUT2D eigenvalue weighted by Crippen LogP contribution is 2.12. The van der Waals surface area contributed by atoms with Crippen molar-refractivity contribution < 1.29 is 4.74 Å². The monoisotopic (exact) mass is 257 g/mol. The number of anilines is 1. The molecule has 1 rings (SSSR count). The second-order valence-electron chi connectivity index (χ2n) is 3.78. The van der Waals surface area contributed by atoms with Crippen LogP contribution in [0.5, 0.6) is 5.88 Å². The molecule has 0 saturated heterocycles. The number of ether oxygens (including phenoxy) is 1. The van der Waals surface area contributed by atoms with E-state index in [0.29, 0.717) is 30.2 Å². The van der Waals surface area contributed by atoms with Gasteiger partial charge in [0, 0.05) is 24.7 Å². The number of rotatable bonds is 8. The molecule has 0 aromatic carbocycles. The molecule has 0 spiro atoms. The summed E-state index contributed by atoms with van der Waals surface area (Å²) >= 11 is 5.74. The Balaban J connectivity index is 2.47. The summed E-state index contributed by atoms with van der Waals surface area (Å²) in [6.45, 7) is 5.55. The molecule has 1 aromatic heterocycles. The predicted molar refractivity (Wildman–Crippen MR) is 70.8 cm³/mol. The third kappa shape index (κ3) is 5.22. The van der Waals surface area contributed by atoms with Gasteiger partial charge in [0.25, 0.3) is 0 Å². The molecule has 1 aromatic rings. The van der Waals surface area contributed by atoms with E-state index in [4.69, 9.17) is 16.3 Å². The SMILES string of the molecule is CCOc1ccnc(NCC(CC)CCCl)n1. The summed E-state index contributed by atoms with van der Waals surface area (Å²) in [5, 5.41) is 3.22. The van der Waals surface area contributed by atoms with Crippen LogP contribution in [-0.2, 0) is 0 Å². The number of aromatic nitrogens is 2. The summed E-state index contributed by atoms with van der Waals surface area (Å²) < 4.78 is 5.31. The van der Waals surface area contributed by atoms with Gasteiger partial charge in [0.15, 0.2) is 0 Å². The second-order valence-corrected chi connectivity index (χ2v) is 4.16. The molecule has 0 amide bonds. The molecule has 1 N–H and O–H groups in total. The molecule has 5 heteroatoms. The van der Waals surface area contributed by atoms with E-state index in [1.165, 1.54) is 0 Å². The van der Waals surface area contributed by atoms with Crippen molar-refractivity contribution in [1.29, 1.82) is 0 Å². The third-order valence-electron chi connectivity index (χ3n) is 2.57. The van der Waals surface area contributed by atoms with Crippen LogP contribution in [0.15, 0.2) is 12.3 Å². The molecule has 0 aliphatic heterocycles. The Bertz CT molecular complexity index is 322. The van der Waals surface area contributed by atoms with Gasteiger partial charge in [0.1, 0.15) is 0 Å². The fourth-order valence-corrected chi connectivity index (χ4v) is 1.80. The van der Waals surface area contributed by atoms with Crippen LogP contribution in [0.1, 0.15) is 26.7 Å². The number of hydrogen-bond donors (Lipinski definition) is 1. The lowest BCUT2D eigenvalue weighted by atomic mass is 10.0. The zero-order valence-corrected chi connectivity index (χ0v) is 11.2. The van der Waals surface area contributed by atoms with E-state index in [1.54, 1.807) is 12.3 Å². The molecule has 0 aliphatic carbocycles. The van der Waals surface area contributed by atoms with Gasteiger partial charge in [0.2, 0.25) is 11.8 Å². The molecule has 0 fully saturated rings. The fourth-order valence-electron chi connectivity index (χ4n) is 1.50. The van der Waals surface area contributed by atoms with Crippen molar-refractivity contribution in [2.75, 3.05) is 24.3 Å². The van der Waals surface area contributed by atoms with Gasteiger partial charge in [-0.3, -0.25) is 0 Å². The second kappa shape index (κ2) is 8.12. The maximum atomic E-state index is 5.74. The Morgan fingerprint density at radius 3 is 2.94 bits per heavy atom. The van der Waals surface area contributed by atoms with Crippen LogP contribution in [-0.4, -0.2) is 29.0 Å². The van der Waals surface area contributed by atoms with Crippen LogP contribution in [0.25, 0.3) is 0 Å². The Kier molecular flexibility index (Phi) is 6.70. The number of alkyl halides is 1. The average Bonchev–Trinajstić information content (AvgIpc) is 2.35. The normalized spacial score (nSPS) is 12.2. The van der Waals surface area contributed by atoms with E-state index >= 15 is 0 Å². The number of halogens is 1. The number of nitrogens with zero attached hydrogens (tertiary/aromatic N) is 2. The lowest BCUT2D eigenvalue weighted by Crippen LogP contribution is -2.15. The lowest BCUT2D eigenvalue weighted by molar-refractivity contribution is 0.326. The molecular weight excluding hydrogens is 238 g/mol. The van der Waals surface area contributed by atoms with E-state index in [-0.39, 0.29) is 0 Å². The van der Waals surface area contributed by atoms with Gasteiger partial charge < -0.3 is 10.1 Å². The molecule has 1 heterocycles. The summed E-state index contributed by atoms with van der Waals surface area (Å²) in [5.74, 6) is 2.48. The van der Waals surface area contributed by atoms with Crippen molar-refractivity contribution in [3.05, 3.63) is 12.3 Å². The summed E-state index contributed by atoms with van der Waals surface area (Å²) in [7, 11) is 0. The molecule has 0 saturated carbocycles. The maximum Gasteiger partial charge on any atom is 0.225 e. The first-order valence-electron chi connectivity index (χ1n) is 6.05. The molecule has 17 heavy (non-hydrogen) atoms. The van der Waals surface area contributed by atoms with Crippen LogP contribution < -0.4 is 10.1 Å². The first-order valence-corrected chi connectivity index (χ1v) is 6.59. The fraction of sp³-hybridized carbons (Fsp3) is 0.667. The van der Waals surface area contributed by atoms with Gasteiger partial charge in [-0.2, -0.15) is 4.98 Å². The Morgan fingerprint density at radius 1 is 1.47 bits per heavy atom. The largest absolute Gasteiger partial charge is 0.478 e. The minimum Gasteiger partial charge on any atom is -0.478 e. The highest BCUT2D eigenvalue weighted by atomic mass is 35.5. The van der Waals surface area contributed by atoms with Gasteiger partial charge in [-0.05, 0) is 19.3 Å². The summed E-state index contributed by atoms with van der Waals surface area (Å²) in [6, 6.07) is 1.75. The van der Waals surface area contributed by atoms with Gasteiger partial charge in [-0.15, -0.1) is 11.6 Å². The van der Waals surface area contributed by atoms with Crippen LogP contribution >= 0.6 is 11.6 Å². The summed E-state index contributed by atoms with van der Waals surface area (Å²) in [4.78, 5) is 8.40. The van der Waals surface area contributed by atoms with Crippen LogP contribution in [0.2, 0.25) is 0 Å². The lowest BCUT2D eigenvalue weighted by Gasteiger charge is -2.14. The van der Waals surface area contributed by atoms with Crippen molar-refractivity contribution in [2.45, 2.75) is 26.7 Å². The van der Waals surface area contributed by atoms with Crippen LogP contribution in [0.4, 0.5) is 5.95 Å². The van der Waals surface area contributed by atoms with Crippen molar-refractivity contribution >= 4 is 17.5 Å². The summed E-state index contributed by atoms with van der Waals surface area (Å²) in [5.41, 5.74) is 0. The highest BCUT2D eigenvalue weighted by Gasteiger charge is 2.06. The molecule has 0 bridgehead atoms. The third-order valence-corrected chi connectivity index (χ3v) is 2.78. The quantitative estimate of drug-likeness (QED) is 0.728. The van der Waals surface area contributed by atoms with Crippen molar-refractivity contribution in [2.24, 2.45) is 5.92 Å². The first-order chi connectivity index (χ1) is 8.30.